The van der Waals surface area contributed by atoms with Crippen LogP contribution in [0.25, 0.3) is 10.8 Å². The minimum Gasteiger partial charge on any atom is -0.497 e. The van der Waals surface area contributed by atoms with Gasteiger partial charge in [-0.15, -0.1) is 0 Å². The summed E-state index contributed by atoms with van der Waals surface area (Å²) in [5.74, 6) is 0.763. The molecule has 2 aromatic carbocycles. The molecular weight excluding hydrogens is 360 g/mol. The van der Waals surface area contributed by atoms with E-state index in [9.17, 15) is 8.42 Å². The quantitative estimate of drug-likeness (QED) is 0.697. The second-order valence-electron chi connectivity index (χ2n) is 7.22. The molecule has 3 rings (SSSR count). The number of hydrogen-bond acceptors (Lipinski definition) is 4. The number of ether oxygens (including phenoxy) is 1. The Bertz CT molecular complexity index is 867. The lowest BCUT2D eigenvalue weighted by molar-refractivity contribution is 0.143. The van der Waals surface area contributed by atoms with Crippen LogP contribution in [-0.2, 0) is 10.0 Å². The second kappa shape index (κ2) is 9.04. The number of rotatable bonds is 8. The molecule has 2 aromatic rings. The van der Waals surface area contributed by atoms with Crippen molar-refractivity contribution in [3.63, 3.8) is 0 Å². The number of nitrogens with one attached hydrogen (secondary N) is 1. The van der Waals surface area contributed by atoms with Gasteiger partial charge in [0.1, 0.15) is 5.75 Å². The van der Waals surface area contributed by atoms with E-state index < -0.39 is 10.0 Å². The van der Waals surface area contributed by atoms with Crippen molar-refractivity contribution in [1.29, 1.82) is 0 Å². The molecule has 1 aliphatic heterocycles. The van der Waals surface area contributed by atoms with E-state index in [2.05, 4.69) is 16.5 Å². The number of nitrogens with zero attached hydrogens (tertiary/aromatic N) is 1. The van der Waals surface area contributed by atoms with E-state index in [-0.39, 0.29) is 0 Å². The molecule has 1 heterocycles. The summed E-state index contributed by atoms with van der Waals surface area (Å²) in [5.41, 5.74) is 0. The molecule has 27 heavy (non-hydrogen) atoms. The molecule has 0 bridgehead atoms. The third kappa shape index (κ3) is 5.00. The Kier molecular flexibility index (Phi) is 6.73. The fourth-order valence-corrected chi connectivity index (χ4v) is 4.99. The SMILES string of the molecule is CC[C@@H]1CCCCN1CCCNS(=O)(=O)c1ccc2cc(OC)ccc2c1. The molecule has 1 saturated heterocycles. The van der Waals surface area contributed by atoms with E-state index >= 15 is 0 Å². The van der Waals surface area contributed by atoms with Crippen molar-refractivity contribution in [2.45, 2.75) is 50.0 Å². The molecule has 0 amide bonds. The van der Waals surface area contributed by atoms with Gasteiger partial charge in [-0.25, -0.2) is 13.1 Å². The molecule has 6 heteroatoms. The lowest BCUT2D eigenvalue weighted by atomic mass is 10.00. The highest BCUT2D eigenvalue weighted by molar-refractivity contribution is 7.89. The maximum atomic E-state index is 12.6. The molecular formula is C21H30N2O3S. The number of methoxy groups -OCH3 is 1. The van der Waals surface area contributed by atoms with Gasteiger partial charge in [0.15, 0.2) is 0 Å². The lowest BCUT2D eigenvalue weighted by Crippen LogP contribution is -2.40. The Balaban J connectivity index is 1.58. The summed E-state index contributed by atoms with van der Waals surface area (Å²) in [6, 6.07) is 11.5. The number of hydrogen-bond donors (Lipinski definition) is 1. The van der Waals surface area contributed by atoms with Gasteiger partial charge in [-0.1, -0.05) is 25.5 Å². The van der Waals surface area contributed by atoms with Gasteiger partial charge in [-0.05, 0) is 73.8 Å². The fourth-order valence-electron chi connectivity index (χ4n) is 3.88. The molecule has 1 fully saturated rings. The van der Waals surface area contributed by atoms with Crippen LogP contribution in [0.3, 0.4) is 0 Å². The molecule has 0 aromatic heterocycles. The smallest absolute Gasteiger partial charge is 0.240 e. The molecule has 0 unspecified atom stereocenters. The van der Waals surface area contributed by atoms with E-state index in [1.165, 1.54) is 25.7 Å². The summed E-state index contributed by atoms with van der Waals surface area (Å²) in [6.07, 6.45) is 5.85. The zero-order chi connectivity index (χ0) is 19.3. The van der Waals surface area contributed by atoms with Crippen LogP contribution in [0.1, 0.15) is 39.0 Å². The number of fused-ring (bicyclic) bond motifs is 1. The second-order valence-corrected chi connectivity index (χ2v) is 8.99. The van der Waals surface area contributed by atoms with Crippen LogP contribution in [0.4, 0.5) is 0 Å². The highest BCUT2D eigenvalue weighted by atomic mass is 32.2. The van der Waals surface area contributed by atoms with Crippen molar-refractivity contribution in [2.24, 2.45) is 0 Å². The van der Waals surface area contributed by atoms with E-state index in [1.807, 2.05) is 24.3 Å². The summed E-state index contributed by atoms with van der Waals surface area (Å²) in [5, 5.41) is 1.85. The van der Waals surface area contributed by atoms with Crippen molar-refractivity contribution in [2.75, 3.05) is 26.7 Å². The van der Waals surface area contributed by atoms with Crippen molar-refractivity contribution in [3.8, 4) is 5.75 Å². The number of likely N-dealkylation sites (tertiary alicyclic amines) is 1. The number of sulfonamides is 1. The maximum absolute atomic E-state index is 12.6. The maximum Gasteiger partial charge on any atom is 0.240 e. The number of benzene rings is 2. The lowest BCUT2D eigenvalue weighted by Gasteiger charge is -2.35. The fraction of sp³-hybridized carbons (Fsp3) is 0.524. The molecule has 1 aliphatic rings. The Morgan fingerprint density at radius 3 is 2.70 bits per heavy atom. The molecule has 0 saturated carbocycles. The third-order valence-electron chi connectivity index (χ3n) is 5.46. The molecule has 5 nitrogen and oxygen atoms in total. The first kappa shape index (κ1) is 20.1. The van der Waals surface area contributed by atoms with Crippen LogP contribution in [0.2, 0.25) is 0 Å². The van der Waals surface area contributed by atoms with Crippen molar-refractivity contribution < 1.29 is 13.2 Å². The first-order chi connectivity index (χ1) is 13.0. The van der Waals surface area contributed by atoms with E-state index in [4.69, 9.17) is 4.74 Å². The molecule has 1 atom stereocenters. The van der Waals surface area contributed by atoms with Gasteiger partial charge in [0.25, 0.3) is 0 Å². The zero-order valence-electron chi connectivity index (χ0n) is 16.3. The topological polar surface area (TPSA) is 58.6 Å². The molecule has 148 valence electrons. The van der Waals surface area contributed by atoms with Gasteiger partial charge in [-0.2, -0.15) is 0 Å². The van der Waals surface area contributed by atoms with Crippen LogP contribution in [0.5, 0.6) is 5.75 Å². The van der Waals surface area contributed by atoms with Crippen molar-refractivity contribution >= 4 is 20.8 Å². The predicted octanol–water partition coefficient (Wildman–Crippen LogP) is 3.78. The molecule has 0 radical (unpaired) electrons. The minimum atomic E-state index is -3.49. The average molecular weight is 391 g/mol. The Labute approximate surface area is 162 Å². The normalized spacial score (nSPS) is 18.7. The summed E-state index contributed by atoms with van der Waals surface area (Å²) < 4.78 is 33.2. The third-order valence-corrected chi connectivity index (χ3v) is 6.92. The highest BCUT2D eigenvalue weighted by Crippen LogP contribution is 2.24. The van der Waals surface area contributed by atoms with Crippen LogP contribution in [0, 0.1) is 0 Å². The summed E-state index contributed by atoms with van der Waals surface area (Å²) in [4.78, 5) is 2.82. The summed E-state index contributed by atoms with van der Waals surface area (Å²) in [7, 11) is -1.87. The highest BCUT2D eigenvalue weighted by Gasteiger charge is 2.20. The van der Waals surface area contributed by atoms with Crippen LogP contribution >= 0.6 is 0 Å². The average Bonchev–Trinajstić information content (AvgIpc) is 2.70. The van der Waals surface area contributed by atoms with E-state index in [0.717, 1.165) is 36.0 Å². The largest absolute Gasteiger partial charge is 0.497 e. The van der Waals surface area contributed by atoms with Crippen LogP contribution < -0.4 is 9.46 Å². The summed E-state index contributed by atoms with van der Waals surface area (Å²) >= 11 is 0. The monoisotopic (exact) mass is 390 g/mol. The van der Waals surface area contributed by atoms with Crippen molar-refractivity contribution in [1.82, 2.24) is 9.62 Å². The Morgan fingerprint density at radius 1 is 1.15 bits per heavy atom. The van der Waals surface area contributed by atoms with Gasteiger partial charge < -0.3 is 9.64 Å². The Hall–Kier alpha value is -1.63. The van der Waals surface area contributed by atoms with Crippen LogP contribution in [-0.4, -0.2) is 46.1 Å². The summed E-state index contributed by atoms with van der Waals surface area (Å²) in [6.45, 7) is 4.80. The van der Waals surface area contributed by atoms with E-state index in [0.29, 0.717) is 17.5 Å². The van der Waals surface area contributed by atoms with Gasteiger partial charge in [0.2, 0.25) is 10.0 Å². The zero-order valence-corrected chi connectivity index (χ0v) is 17.1. The number of piperidine rings is 1. The minimum absolute atomic E-state index is 0.310. The van der Waals surface area contributed by atoms with Gasteiger partial charge in [0.05, 0.1) is 12.0 Å². The van der Waals surface area contributed by atoms with Crippen LogP contribution in [0.15, 0.2) is 41.3 Å². The van der Waals surface area contributed by atoms with Gasteiger partial charge in [-0.3, -0.25) is 0 Å². The molecule has 0 spiro atoms. The van der Waals surface area contributed by atoms with Gasteiger partial charge >= 0.3 is 0 Å². The Morgan fingerprint density at radius 2 is 1.93 bits per heavy atom. The van der Waals surface area contributed by atoms with Gasteiger partial charge in [0, 0.05) is 12.6 Å². The predicted molar refractivity (Wildman–Crippen MR) is 110 cm³/mol. The first-order valence-electron chi connectivity index (χ1n) is 9.85. The standard InChI is InChI=1S/C21H30N2O3S/c1-3-19-7-4-5-13-23(19)14-6-12-22-27(24,25)21-11-9-17-15-20(26-2)10-8-18(17)16-21/h8-11,15-16,19,22H,3-7,12-14H2,1-2H3/t19-/m1/s1. The van der Waals surface area contributed by atoms with E-state index in [1.54, 1.807) is 19.2 Å². The molecule has 0 aliphatic carbocycles. The van der Waals surface area contributed by atoms with Crippen molar-refractivity contribution in [3.05, 3.63) is 36.4 Å². The molecule has 1 N–H and O–H groups in total. The first-order valence-corrected chi connectivity index (χ1v) is 11.3.